The first kappa shape index (κ1) is 18.5. The zero-order valence-corrected chi connectivity index (χ0v) is 15.6. The first-order valence-corrected chi connectivity index (χ1v) is 9.08. The highest BCUT2D eigenvalue weighted by atomic mass is 35.5. The number of carbonyl (C=O) groups is 1. The number of rotatable bonds is 6. The summed E-state index contributed by atoms with van der Waals surface area (Å²) in [5, 5.41) is 3.42. The lowest BCUT2D eigenvalue weighted by Gasteiger charge is -2.28. The van der Waals surface area contributed by atoms with E-state index in [-0.39, 0.29) is 5.91 Å². The molecule has 1 amide bonds. The van der Waals surface area contributed by atoms with E-state index in [1.54, 1.807) is 25.3 Å². The molecule has 138 valence electrons. The van der Waals surface area contributed by atoms with E-state index in [4.69, 9.17) is 21.1 Å². The van der Waals surface area contributed by atoms with Crippen molar-refractivity contribution in [2.75, 3.05) is 43.6 Å². The molecule has 0 bridgehead atoms. The van der Waals surface area contributed by atoms with Crippen LogP contribution in [0.15, 0.2) is 42.5 Å². The summed E-state index contributed by atoms with van der Waals surface area (Å²) >= 11 is 5.99. The number of carbonyl (C=O) groups excluding carboxylic acids is 1. The van der Waals surface area contributed by atoms with Crippen molar-refractivity contribution in [1.29, 1.82) is 0 Å². The topological polar surface area (TPSA) is 50.8 Å². The van der Waals surface area contributed by atoms with Crippen LogP contribution in [0.2, 0.25) is 5.02 Å². The third-order valence-corrected chi connectivity index (χ3v) is 4.62. The molecule has 26 heavy (non-hydrogen) atoms. The fraction of sp³-hybridized carbons (Fsp3) is 0.350. The standard InChI is InChI=1S/C20H23ClN2O3/c1-25-19-8-5-16(21)14-18(19)22-20(24)9-4-15-2-6-17(7-3-15)23-10-12-26-13-11-23/h2-3,5-8,14H,4,9-13H2,1H3,(H,22,24). The maximum absolute atomic E-state index is 12.2. The zero-order valence-electron chi connectivity index (χ0n) is 14.8. The predicted octanol–water partition coefficient (Wildman–Crippen LogP) is 3.76. The molecule has 5 nitrogen and oxygen atoms in total. The van der Waals surface area contributed by atoms with Gasteiger partial charge in [0.25, 0.3) is 0 Å². The number of nitrogens with zero attached hydrogens (tertiary/aromatic N) is 1. The van der Waals surface area contributed by atoms with Gasteiger partial charge in [-0.1, -0.05) is 23.7 Å². The van der Waals surface area contributed by atoms with E-state index < -0.39 is 0 Å². The summed E-state index contributed by atoms with van der Waals surface area (Å²) in [6.45, 7) is 3.39. The number of nitrogens with one attached hydrogen (secondary N) is 1. The molecule has 2 aromatic carbocycles. The summed E-state index contributed by atoms with van der Waals surface area (Å²) < 4.78 is 10.6. The van der Waals surface area contributed by atoms with Crippen molar-refractivity contribution in [3.05, 3.63) is 53.1 Å². The van der Waals surface area contributed by atoms with Crippen molar-refractivity contribution < 1.29 is 14.3 Å². The molecule has 0 unspecified atom stereocenters. The lowest BCUT2D eigenvalue weighted by Crippen LogP contribution is -2.36. The van der Waals surface area contributed by atoms with Crippen LogP contribution in [-0.2, 0) is 16.0 Å². The Hall–Kier alpha value is -2.24. The van der Waals surface area contributed by atoms with Crippen LogP contribution in [0.3, 0.4) is 0 Å². The number of hydrogen-bond acceptors (Lipinski definition) is 4. The van der Waals surface area contributed by atoms with Gasteiger partial charge in [-0.05, 0) is 42.3 Å². The molecule has 0 aromatic heterocycles. The highest BCUT2D eigenvalue weighted by Crippen LogP contribution is 2.27. The summed E-state index contributed by atoms with van der Waals surface area (Å²) in [6.07, 6.45) is 1.07. The summed E-state index contributed by atoms with van der Waals surface area (Å²) in [4.78, 5) is 14.6. The molecule has 1 aliphatic rings. The smallest absolute Gasteiger partial charge is 0.224 e. The Morgan fingerprint density at radius 2 is 1.92 bits per heavy atom. The third-order valence-electron chi connectivity index (χ3n) is 4.39. The van der Waals surface area contributed by atoms with Gasteiger partial charge in [-0.3, -0.25) is 4.79 Å². The summed E-state index contributed by atoms with van der Waals surface area (Å²) in [5.74, 6) is 0.528. The van der Waals surface area contributed by atoms with Crippen LogP contribution in [-0.4, -0.2) is 39.3 Å². The molecule has 0 radical (unpaired) electrons. The third kappa shape index (κ3) is 4.90. The van der Waals surface area contributed by atoms with Crippen LogP contribution in [0.5, 0.6) is 5.75 Å². The number of halogens is 1. The van der Waals surface area contributed by atoms with Gasteiger partial charge in [0.1, 0.15) is 5.75 Å². The first-order chi connectivity index (χ1) is 12.7. The van der Waals surface area contributed by atoms with Gasteiger partial charge in [0.05, 0.1) is 26.0 Å². The van der Waals surface area contributed by atoms with Crippen LogP contribution in [0.1, 0.15) is 12.0 Å². The number of aryl methyl sites for hydroxylation is 1. The minimum Gasteiger partial charge on any atom is -0.495 e. The molecule has 1 fully saturated rings. The Balaban J connectivity index is 1.53. The van der Waals surface area contributed by atoms with Crippen molar-refractivity contribution in [1.82, 2.24) is 0 Å². The molecule has 6 heteroatoms. The van der Waals surface area contributed by atoms with Crippen molar-refractivity contribution in [3.8, 4) is 5.75 Å². The second-order valence-corrected chi connectivity index (χ2v) is 6.60. The lowest BCUT2D eigenvalue weighted by atomic mass is 10.1. The van der Waals surface area contributed by atoms with Crippen LogP contribution >= 0.6 is 11.6 Å². The molecule has 1 heterocycles. The van der Waals surface area contributed by atoms with E-state index >= 15 is 0 Å². The van der Waals surface area contributed by atoms with Gasteiger partial charge in [0, 0.05) is 30.2 Å². The Morgan fingerprint density at radius 1 is 1.19 bits per heavy atom. The number of ether oxygens (including phenoxy) is 2. The fourth-order valence-electron chi connectivity index (χ4n) is 2.94. The Bertz CT molecular complexity index is 743. The molecule has 3 rings (SSSR count). The molecule has 0 aliphatic carbocycles. The number of benzene rings is 2. The van der Waals surface area contributed by atoms with Gasteiger partial charge in [-0.25, -0.2) is 0 Å². The average molecular weight is 375 g/mol. The number of amides is 1. The number of hydrogen-bond donors (Lipinski definition) is 1. The highest BCUT2D eigenvalue weighted by Gasteiger charge is 2.12. The largest absolute Gasteiger partial charge is 0.495 e. The number of anilines is 2. The molecule has 1 N–H and O–H groups in total. The predicted molar refractivity (Wildman–Crippen MR) is 104 cm³/mol. The lowest BCUT2D eigenvalue weighted by molar-refractivity contribution is -0.116. The SMILES string of the molecule is COc1ccc(Cl)cc1NC(=O)CCc1ccc(N2CCOCC2)cc1. The van der Waals surface area contributed by atoms with E-state index in [1.165, 1.54) is 5.69 Å². The number of morpholine rings is 1. The minimum atomic E-state index is -0.0668. The van der Waals surface area contributed by atoms with Gasteiger partial charge in [-0.15, -0.1) is 0 Å². The fourth-order valence-corrected chi connectivity index (χ4v) is 3.12. The van der Waals surface area contributed by atoms with Gasteiger partial charge < -0.3 is 19.7 Å². The van der Waals surface area contributed by atoms with E-state index in [2.05, 4.69) is 34.5 Å². The van der Waals surface area contributed by atoms with Crippen LogP contribution in [0.25, 0.3) is 0 Å². The Kier molecular flexibility index (Phi) is 6.36. The summed E-state index contributed by atoms with van der Waals surface area (Å²) in [5.41, 5.74) is 2.92. The maximum Gasteiger partial charge on any atom is 0.224 e. The summed E-state index contributed by atoms with van der Waals surface area (Å²) in [6, 6.07) is 13.5. The molecule has 1 aliphatic heterocycles. The van der Waals surface area contributed by atoms with E-state index in [1.807, 2.05) is 0 Å². The molecular formula is C20H23ClN2O3. The molecule has 1 saturated heterocycles. The van der Waals surface area contributed by atoms with E-state index in [0.29, 0.717) is 29.3 Å². The normalized spacial score (nSPS) is 14.2. The molecule has 2 aromatic rings. The van der Waals surface area contributed by atoms with Crippen molar-refractivity contribution in [2.45, 2.75) is 12.8 Å². The average Bonchev–Trinajstić information content (AvgIpc) is 2.68. The van der Waals surface area contributed by atoms with Crippen LogP contribution in [0, 0.1) is 0 Å². The number of methoxy groups -OCH3 is 1. The van der Waals surface area contributed by atoms with Gasteiger partial charge in [0.2, 0.25) is 5.91 Å². The van der Waals surface area contributed by atoms with E-state index in [9.17, 15) is 4.79 Å². The molecule has 0 spiro atoms. The van der Waals surface area contributed by atoms with E-state index in [0.717, 1.165) is 31.9 Å². The quantitative estimate of drug-likeness (QED) is 0.836. The van der Waals surface area contributed by atoms with Crippen molar-refractivity contribution in [3.63, 3.8) is 0 Å². The first-order valence-electron chi connectivity index (χ1n) is 8.71. The molecule has 0 atom stereocenters. The molecular weight excluding hydrogens is 352 g/mol. The van der Waals surface area contributed by atoms with Crippen molar-refractivity contribution in [2.24, 2.45) is 0 Å². The van der Waals surface area contributed by atoms with Crippen LogP contribution < -0.4 is 15.0 Å². The maximum atomic E-state index is 12.2. The second-order valence-electron chi connectivity index (χ2n) is 6.16. The van der Waals surface area contributed by atoms with Gasteiger partial charge in [-0.2, -0.15) is 0 Å². The molecule has 0 saturated carbocycles. The Labute approximate surface area is 158 Å². The Morgan fingerprint density at radius 3 is 2.62 bits per heavy atom. The van der Waals surface area contributed by atoms with Gasteiger partial charge in [0.15, 0.2) is 0 Å². The van der Waals surface area contributed by atoms with Gasteiger partial charge >= 0.3 is 0 Å². The monoisotopic (exact) mass is 374 g/mol. The second kappa shape index (κ2) is 8.92. The highest BCUT2D eigenvalue weighted by molar-refractivity contribution is 6.31. The zero-order chi connectivity index (χ0) is 18.4. The van der Waals surface area contributed by atoms with Crippen LogP contribution in [0.4, 0.5) is 11.4 Å². The minimum absolute atomic E-state index is 0.0668. The summed E-state index contributed by atoms with van der Waals surface area (Å²) in [7, 11) is 1.56. The van der Waals surface area contributed by atoms with Crippen molar-refractivity contribution >= 4 is 28.9 Å².